The van der Waals surface area contributed by atoms with Gasteiger partial charge in [-0.15, -0.1) is 0 Å². The first-order valence-electron chi connectivity index (χ1n) is 9.01. The Morgan fingerprint density at radius 3 is 2.27 bits per heavy atom. The Labute approximate surface area is 154 Å². The van der Waals surface area contributed by atoms with E-state index in [1.54, 1.807) is 0 Å². The Balaban J connectivity index is 2.17. The Bertz CT molecular complexity index is 731. The van der Waals surface area contributed by atoms with Crippen molar-refractivity contribution >= 4 is 11.9 Å². The maximum absolute atomic E-state index is 12.9. The number of carbonyl (C=O) groups is 2. The summed E-state index contributed by atoms with van der Waals surface area (Å²) in [5, 5.41) is 0. The molecule has 2 aliphatic carbocycles. The van der Waals surface area contributed by atoms with Gasteiger partial charge < -0.3 is 9.47 Å². The second-order valence-electron chi connectivity index (χ2n) is 7.42. The minimum atomic E-state index is -1.33. The molecule has 3 rings (SSSR count). The summed E-state index contributed by atoms with van der Waals surface area (Å²) in [6.07, 6.45) is 4.34. The molecule has 0 aliphatic heterocycles. The number of esters is 2. The minimum absolute atomic E-state index is 0.103. The van der Waals surface area contributed by atoms with Crippen LogP contribution < -0.4 is 0 Å². The molecule has 0 spiro atoms. The Morgan fingerprint density at radius 1 is 1.12 bits per heavy atom. The van der Waals surface area contributed by atoms with Crippen molar-refractivity contribution in [2.24, 2.45) is 17.3 Å². The van der Waals surface area contributed by atoms with Crippen LogP contribution in [0.1, 0.15) is 37.7 Å². The zero-order chi connectivity index (χ0) is 18.9. The molecular weight excluding hydrogens is 328 g/mol. The van der Waals surface area contributed by atoms with Crippen LogP contribution in [0.3, 0.4) is 0 Å². The first kappa shape index (κ1) is 18.4. The first-order chi connectivity index (χ1) is 12.5. The Kier molecular flexibility index (Phi) is 5.03. The van der Waals surface area contributed by atoms with Crippen LogP contribution in [-0.4, -0.2) is 26.2 Å². The summed E-state index contributed by atoms with van der Waals surface area (Å²) in [7, 11) is 2.67. The molecule has 0 radical (unpaired) electrons. The second-order valence-corrected chi connectivity index (χ2v) is 7.42. The number of hydrogen-bond donors (Lipinski definition) is 0. The predicted molar refractivity (Wildman–Crippen MR) is 99.4 cm³/mol. The van der Waals surface area contributed by atoms with Crippen LogP contribution in [0.15, 0.2) is 54.1 Å². The van der Waals surface area contributed by atoms with Gasteiger partial charge in [0.1, 0.15) is 0 Å². The van der Waals surface area contributed by atoms with Crippen molar-refractivity contribution in [3.63, 3.8) is 0 Å². The predicted octanol–water partition coefficient (Wildman–Crippen LogP) is 4.04. The third-order valence-electron chi connectivity index (χ3n) is 6.05. The summed E-state index contributed by atoms with van der Waals surface area (Å²) in [5.74, 6) is -0.857. The molecule has 3 atom stereocenters. The van der Waals surface area contributed by atoms with Crippen molar-refractivity contribution in [3.05, 3.63) is 59.7 Å². The lowest BCUT2D eigenvalue weighted by Crippen LogP contribution is -2.44. The fourth-order valence-corrected chi connectivity index (χ4v) is 4.75. The van der Waals surface area contributed by atoms with Gasteiger partial charge in [0, 0.05) is 5.92 Å². The number of hydrogen-bond acceptors (Lipinski definition) is 4. The average Bonchev–Trinajstić information content (AvgIpc) is 3.02. The molecule has 2 aliphatic rings. The smallest absolute Gasteiger partial charge is 0.324 e. The monoisotopic (exact) mass is 354 g/mol. The van der Waals surface area contributed by atoms with Gasteiger partial charge in [-0.2, -0.15) is 0 Å². The van der Waals surface area contributed by atoms with E-state index in [4.69, 9.17) is 9.47 Å². The molecule has 0 bridgehead atoms. The van der Waals surface area contributed by atoms with E-state index in [0.29, 0.717) is 12.3 Å². The minimum Gasteiger partial charge on any atom is -0.468 e. The van der Waals surface area contributed by atoms with Gasteiger partial charge >= 0.3 is 11.9 Å². The number of ether oxygens (including phenoxy) is 2. The SMILES string of the molecule is C=C(C)[C@H]1CC=C2CC(C(=O)OC)(C(=O)OC)[C@@H](c3ccccc3)[C@H]2C1. The fourth-order valence-electron chi connectivity index (χ4n) is 4.75. The van der Waals surface area contributed by atoms with Crippen molar-refractivity contribution in [3.8, 4) is 0 Å². The highest BCUT2D eigenvalue weighted by atomic mass is 16.5. The van der Waals surface area contributed by atoms with E-state index in [9.17, 15) is 9.59 Å². The quantitative estimate of drug-likeness (QED) is 0.465. The second kappa shape index (κ2) is 7.10. The molecule has 26 heavy (non-hydrogen) atoms. The van der Waals surface area contributed by atoms with Gasteiger partial charge in [0.05, 0.1) is 14.2 Å². The van der Waals surface area contributed by atoms with Gasteiger partial charge in [0.25, 0.3) is 0 Å². The fraction of sp³-hybridized carbons (Fsp3) is 0.455. The summed E-state index contributed by atoms with van der Waals surface area (Å²) in [4.78, 5) is 25.8. The summed E-state index contributed by atoms with van der Waals surface area (Å²) in [5.41, 5.74) is 1.94. The lowest BCUT2D eigenvalue weighted by molar-refractivity contribution is -0.170. The van der Waals surface area contributed by atoms with Crippen molar-refractivity contribution in [1.82, 2.24) is 0 Å². The van der Waals surface area contributed by atoms with Crippen LogP contribution in [0.4, 0.5) is 0 Å². The molecule has 138 valence electrons. The zero-order valence-corrected chi connectivity index (χ0v) is 15.7. The van der Waals surface area contributed by atoms with Gasteiger partial charge in [0.2, 0.25) is 0 Å². The maximum atomic E-state index is 12.9. The molecule has 0 saturated heterocycles. The van der Waals surface area contributed by atoms with E-state index in [0.717, 1.165) is 29.6 Å². The Hall–Kier alpha value is -2.36. The van der Waals surface area contributed by atoms with Gasteiger partial charge in [-0.05, 0) is 43.6 Å². The van der Waals surface area contributed by atoms with Crippen molar-refractivity contribution in [2.45, 2.75) is 32.1 Å². The largest absolute Gasteiger partial charge is 0.468 e. The highest BCUT2D eigenvalue weighted by molar-refractivity contribution is 6.02. The third-order valence-corrected chi connectivity index (χ3v) is 6.05. The van der Waals surface area contributed by atoms with Crippen LogP contribution in [-0.2, 0) is 19.1 Å². The van der Waals surface area contributed by atoms with E-state index in [1.807, 2.05) is 37.3 Å². The van der Waals surface area contributed by atoms with Crippen LogP contribution in [0.5, 0.6) is 0 Å². The highest BCUT2D eigenvalue weighted by Crippen LogP contribution is 2.60. The van der Waals surface area contributed by atoms with Crippen LogP contribution in [0.25, 0.3) is 0 Å². The van der Waals surface area contributed by atoms with Crippen molar-refractivity contribution < 1.29 is 19.1 Å². The summed E-state index contributed by atoms with van der Waals surface area (Å²) >= 11 is 0. The molecule has 4 nitrogen and oxygen atoms in total. The lowest BCUT2D eigenvalue weighted by Gasteiger charge is -2.34. The van der Waals surface area contributed by atoms with Crippen LogP contribution in [0.2, 0.25) is 0 Å². The molecule has 4 heteroatoms. The number of methoxy groups -OCH3 is 2. The summed E-state index contributed by atoms with van der Waals surface area (Å²) in [6, 6.07) is 9.78. The van der Waals surface area contributed by atoms with Gasteiger partial charge in [-0.25, -0.2) is 0 Å². The molecule has 0 amide bonds. The van der Waals surface area contributed by atoms with E-state index in [1.165, 1.54) is 14.2 Å². The van der Waals surface area contributed by atoms with E-state index < -0.39 is 17.4 Å². The van der Waals surface area contributed by atoms with E-state index in [-0.39, 0.29) is 11.8 Å². The summed E-state index contributed by atoms with van der Waals surface area (Å²) in [6.45, 7) is 6.16. The molecule has 0 unspecified atom stereocenters. The summed E-state index contributed by atoms with van der Waals surface area (Å²) < 4.78 is 10.2. The number of benzene rings is 1. The lowest BCUT2D eigenvalue weighted by atomic mass is 9.68. The van der Waals surface area contributed by atoms with Gasteiger partial charge in [-0.1, -0.05) is 54.1 Å². The molecule has 1 saturated carbocycles. The number of allylic oxidation sites excluding steroid dienone is 3. The first-order valence-corrected chi connectivity index (χ1v) is 9.01. The maximum Gasteiger partial charge on any atom is 0.324 e. The standard InChI is InChI=1S/C22H26O4/c1-14(2)16-10-11-17-13-22(20(23)25-3,21(24)26-4)19(18(17)12-16)15-8-6-5-7-9-15/h5-9,11,16,18-19H,1,10,12-13H2,2-4H3/t16-,18-,19-/m0/s1. The molecule has 1 fully saturated rings. The van der Waals surface area contributed by atoms with E-state index >= 15 is 0 Å². The number of fused-ring (bicyclic) bond motifs is 1. The Morgan fingerprint density at radius 2 is 1.73 bits per heavy atom. The topological polar surface area (TPSA) is 52.6 Å². The average molecular weight is 354 g/mol. The zero-order valence-electron chi connectivity index (χ0n) is 15.7. The molecule has 0 heterocycles. The normalized spacial score (nSPS) is 26.4. The van der Waals surface area contributed by atoms with Gasteiger partial charge in [0.15, 0.2) is 5.41 Å². The van der Waals surface area contributed by atoms with Gasteiger partial charge in [-0.3, -0.25) is 9.59 Å². The molecular formula is C22H26O4. The van der Waals surface area contributed by atoms with Crippen molar-refractivity contribution in [2.75, 3.05) is 14.2 Å². The highest BCUT2D eigenvalue weighted by Gasteiger charge is 2.63. The van der Waals surface area contributed by atoms with Crippen molar-refractivity contribution in [1.29, 1.82) is 0 Å². The van der Waals surface area contributed by atoms with Crippen LogP contribution in [0, 0.1) is 17.3 Å². The number of carbonyl (C=O) groups excluding carboxylic acids is 2. The molecule has 0 N–H and O–H groups in total. The molecule has 1 aromatic carbocycles. The third kappa shape index (κ3) is 2.77. The number of rotatable bonds is 4. The molecule has 0 aromatic heterocycles. The molecule has 1 aromatic rings. The van der Waals surface area contributed by atoms with E-state index in [2.05, 4.69) is 12.7 Å². The van der Waals surface area contributed by atoms with Crippen LogP contribution >= 0.6 is 0 Å².